The van der Waals surface area contributed by atoms with Crippen molar-refractivity contribution in [3.8, 4) is 0 Å². The van der Waals surface area contributed by atoms with Crippen LogP contribution in [-0.2, 0) is 9.59 Å². The van der Waals surface area contributed by atoms with Crippen LogP contribution in [0.2, 0.25) is 0 Å². The number of anilines is 1. The van der Waals surface area contributed by atoms with E-state index in [1.165, 1.54) is 0 Å². The number of carbonyl (C=O) groups is 2. The zero-order chi connectivity index (χ0) is 14.2. The summed E-state index contributed by atoms with van der Waals surface area (Å²) >= 11 is 0. The van der Waals surface area contributed by atoms with Gasteiger partial charge in [-0.15, -0.1) is 0 Å². The molecule has 106 valence electrons. The molecule has 1 N–H and O–H groups in total. The van der Waals surface area contributed by atoms with Gasteiger partial charge in [0.15, 0.2) is 0 Å². The quantitative estimate of drug-likeness (QED) is 0.844. The van der Waals surface area contributed by atoms with E-state index < -0.39 is 5.54 Å². The molecule has 2 heterocycles. The van der Waals surface area contributed by atoms with Crippen LogP contribution in [0.3, 0.4) is 0 Å². The molecule has 5 nitrogen and oxygen atoms in total. The Morgan fingerprint density at radius 1 is 1.20 bits per heavy atom. The molecule has 0 aromatic carbocycles. The van der Waals surface area contributed by atoms with Crippen LogP contribution in [0.25, 0.3) is 0 Å². The third-order valence-electron chi connectivity index (χ3n) is 4.25. The molecule has 2 amide bonds. The van der Waals surface area contributed by atoms with Gasteiger partial charge in [0.05, 0.1) is 11.9 Å². The van der Waals surface area contributed by atoms with E-state index in [0.29, 0.717) is 5.69 Å². The molecule has 1 spiro atoms. The molecule has 2 fully saturated rings. The fourth-order valence-corrected chi connectivity index (χ4v) is 3.16. The highest BCUT2D eigenvalue weighted by Gasteiger charge is 2.47. The molecule has 3 rings (SSSR count). The van der Waals surface area contributed by atoms with E-state index in [0.717, 1.165) is 37.8 Å². The van der Waals surface area contributed by atoms with Crippen molar-refractivity contribution in [2.24, 2.45) is 0 Å². The van der Waals surface area contributed by atoms with Crippen molar-refractivity contribution in [1.82, 2.24) is 10.3 Å². The van der Waals surface area contributed by atoms with Crippen molar-refractivity contribution in [1.29, 1.82) is 0 Å². The molecule has 1 aliphatic carbocycles. The lowest BCUT2D eigenvalue weighted by atomic mass is 9.79. The third-order valence-corrected chi connectivity index (χ3v) is 4.25. The number of aromatic nitrogens is 1. The Kier molecular flexibility index (Phi) is 3.20. The van der Waals surface area contributed by atoms with Gasteiger partial charge >= 0.3 is 0 Å². The average molecular weight is 273 g/mol. The second-order valence-corrected chi connectivity index (χ2v) is 5.74. The van der Waals surface area contributed by atoms with E-state index in [4.69, 9.17) is 0 Å². The molecule has 5 heteroatoms. The second kappa shape index (κ2) is 4.89. The summed E-state index contributed by atoms with van der Waals surface area (Å²) in [6.07, 6.45) is 6.28. The first kappa shape index (κ1) is 13.1. The lowest BCUT2D eigenvalue weighted by Gasteiger charge is -2.43. The Morgan fingerprint density at radius 2 is 1.95 bits per heavy atom. The summed E-state index contributed by atoms with van der Waals surface area (Å²) < 4.78 is 0. The largest absolute Gasteiger partial charge is 0.340 e. The molecule has 20 heavy (non-hydrogen) atoms. The zero-order valence-electron chi connectivity index (χ0n) is 11.7. The van der Waals surface area contributed by atoms with Crippen LogP contribution in [0.5, 0.6) is 0 Å². The summed E-state index contributed by atoms with van der Waals surface area (Å²) in [4.78, 5) is 30.6. The van der Waals surface area contributed by atoms with Gasteiger partial charge in [-0.2, -0.15) is 0 Å². The molecule has 1 saturated heterocycles. The van der Waals surface area contributed by atoms with Gasteiger partial charge in [-0.3, -0.25) is 19.5 Å². The fraction of sp³-hybridized carbons (Fsp3) is 0.533. The first-order valence-electron chi connectivity index (χ1n) is 7.16. The minimum absolute atomic E-state index is 0.0162. The maximum absolute atomic E-state index is 12.8. The van der Waals surface area contributed by atoms with Gasteiger partial charge in [0.25, 0.3) is 5.91 Å². The number of hydrogen-bond acceptors (Lipinski definition) is 3. The topological polar surface area (TPSA) is 62.3 Å². The van der Waals surface area contributed by atoms with Crippen LogP contribution in [0.4, 0.5) is 5.69 Å². The standard InChI is InChI=1S/C15H19N3O2/c1-11-5-6-12(9-16-11)18-10-13(19)17-15(14(18)20)7-3-2-4-8-15/h5-6,9H,2-4,7-8,10H2,1H3,(H,17,19). The van der Waals surface area contributed by atoms with Crippen molar-refractivity contribution in [2.75, 3.05) is 11.4 Å². The highest BCUT2D eigenvalue weighted by Crippen LogP contribution is 2.33. The van der Waals surface area contributed by atoms with Crippen molar-refractivity contribution >= 4 is 17.5 Å². The fourth-order valence-electron chi connectivity index (χ4n) is 3.16. The van der Waals surface area contributed by atoms with Crippen molar-refractivity contribution < 1.29 is 9.59 Å². The number of amides is 2. The van der Waals surface area contributed by atoms with E-state index in [2.05, 4.69) is 10.3 Å². The summed E-state index contributed by atoms with van der Waals surface area (Å²) in [7, 11) is 0. The smallest absolute Gasteiger partial charge is 0.253 e. The maximum atomic E-state index is 12.8. The van der Waals surface area contributed by atoms with Gasteiger partial charge in [0.1, 0.15) is 12.1 Å². The molecular weight excluding hydrogens is 254 g/mol. The van der Waals surface area contributed by atoms with E-state index in [9.17, 15) is 9.59 Å². The monoisotopic (exact) mass is 273 g/mol. The SMILES string of the molecule is Cc1ccc(N2CC(=O)NC3(CCCCC3)C2=O)cn1. The number of nitrogens with one attached hydrogen (secondary N) is 1. The second-order valence-electron chi connectivity index (χ2n) is 5.74. The molecular formula is C15H19N3O2. The van der Waals surface area contributed by atoms with Crippen LogP contribution < -0.4 is 10.2 Å². The van der Waals surface area contributed by atoms with E-state index in [1.54, 1.807) is 11.1 Å². The Morgan fingerprint density at radius 3 is 2.60 bits per heavy atom. The molecule has 0 radical (unpaired) electrons. The van der Waals surface area contributed by atoms with Gasteiger partial charge < -0.3 is 5.32 Å². The number of piperazine rings is 1. The molecule has 0 atom stereocenters. The van der Waals surface area contributed by atoms with Crippen molar-refractivity contribution in [2.45, 2.75) is 44.6 Å². The van der Waals surface area contributed by atoms with Crippen molar-refractivity contribution in [3.63, 3.8) is 0 Å². The summed E-state index contributed by atoms with van der Waals surface area (Å²) in [5, 5.41) is 2.94. The Labute approximate surface area is 118 Å². The van der Waals surface area contributed by atoms with Gasteiger partial charge in [0.2, 0.25) is 5.91 Å². The summed E-state index contributed by atoms with van der Waals surface area (Å²) in [6, 6.07) is 3.72. The number of rotatable bonds is 1. The third kappa shape index (κ3) is 2.17. The van der Waals surface area contributed by atoms with Crippen LogP contribution in [0.1, 0.15) is 37.8 Å². The van der Waals surface area contributed by atoms with Crippen LogP contribution in [0, 0.1) is 6.92 Å². The predicted octanol–water partition coefficient (Wildman–Crippen LogP) is 1.56. The predicted molar refractivity (Wildman–Crippen MR) is 75.3 cm³/mol. The van der Waals surface area contributed by atoms with Gasteiger partial charge in [0, 0.05) is 5.69 Å². The normalized spacial score (nSPS) is 21.9. The van der Waals surface area contributed by atoms with E-state index in [1.807, 2.05) is 19.1 Å². The molecule has 1 aromatic rings. The number of aryl methyl sites for hydroxylation is 1. The lowest BCUT2D eigenvalue weighted by molar-refractivity contribution is -0.137. The molecule has 2 aliphatic rings. The van der Waals surface area contributed by atoms with Gasteiger partial charge in [-0.25, -0.2) is 0 Å². The molecule has 0 unspecified atom stereocenters. The number of pyridine rings is 1. The maximum Gasteiger partial charge on any atom is 0.253 e. The molecule has 1 aromatic heterocycles. The minimum Gasteiger partial charge on any atom is -0.340 e. The van der Waals surface area contributed by atoms with Gasteiger partial charge in [-0.05, 0) is 31.9 Å². The first-order valence-corrected chi connectivity index (χ1v) is 7.16. The summed E-state index contributed by atoms with van der Waals surface area (Å²) in [5.41, 5.74) is 0.925. The van der Waals surface area contributed by atoms with Crippen molar-refractivity contribution in [3.05, 3.63) is 24.0 Å². The molecule has 0 bridgehead atoms. The highest BCUT2D eigenvalue weighted by atomic mass is 16.2. The van der Waals surface area contributed by atoms with E-state index in [-0.39, 0.29) is 18.4 Å². The zero-order valence-corrected chi connectivity index (χ0v) is 11.7. The minimum atomic E-state index is -0.682. The highest BCUT2D eigenvalue weighted by molar-refractivity contribution is 6.09. The Hall–Kier alpha value is -1.91. The first-order chi connectivity index (χ1) is 9.61. The number of hydrogen-bond donors (Lipinski definition) is 1. The summed E-state index contributed by atoms with van der Waals surface area (Å²) in [5.74, 6) is -0.0606. The van der Waals surface area contributed by atoms with Crippen LogP contribution in [0.15, 0.2) is 18.3 Å². The number of carbonyl (C=O) groups excluding carboxylic acids is 2. The van der Waals surface area contributed by atoms with Crippen LogP contribution >= 0.6 is 0 Å². The Balaban J connectivity index is 1.92. The summed E-state index contributed by atoms with van der Waals surface area (Å²) in [6.45, 7) is 1.99. The Bertz CT molecular complexity index is 533. The average Bonchev–Trinajstić information content (AvgIpc) is 2.45. The number of nitrogens with zero attached hydrogens (tertiary/aromatic N) is 2. The van der Waals surface area contributed by atoms with Crippen LogP contribution in [-0.4, -0.2) is 28.9 Å². The van der Waals surface area contributed by atoms with Gasteiger partial charge in [-0.1, -0.05) is 19.3 Å². The molecule has 1 saturated carbocycles. The lowest BCUT2D eigenvalue weighted by Crippen LogP contribution is -2.67. The molecule has 1 aliphatic heterocycles. The van der Waals surface area contributed by atoms with E-state index >= 15 is 0 Å².